The second-order valence-electron chi connectivity index (χ2n) is 5.17. The van der Waals surface area contributed by atoms with Crippen LogP contribution in [-0.2, 0) is 11.0 Å². The molecular weight excluding hydrogens is 451 g/mol. The smallest absolute Gasteiger partial charge is 0.396 e. The summed E-state index contributed by atoms with van der Waals surface area (Å²) in [5, 5.41) is 6.50. The molecule has 0 fully saturated rings. The normalized spacial score (nSPS) is 12.0. The first-order valence-electron chi connectivity index (χ1n) is 7.68. The molecule has 0 aliphatic carbocycles. The van der Waals surface area contributed by atoms with E-state index in [-0.39, 0.29) is 29.6 Å². The number of oxime groups is 1. The van der Waals surface area contributed by atoms with Crippen molar-refractivity contribution >= 4 is 39.1 Å². The summed E-state index contributed by atoms with van der Waals surface area (Å²) < 4.78 is 39.9. The first-order chi connectivity index (χ1) is 12.7. The lowest BCUT2D eigenvalue weighted by molar-refractivity contribution is -0.137. The number of alkyl halides is 3. The molecule has 144 valence electrons. The Morgan fingerprint density at radius 3 is 2.70 bits per heavy atom. The molecule has 27 heavy (non-hydrogen) atoms. The van der Waals surface area contributed by atoms with E-state index in [0.717, 1.165) is 12.1 Å². The number of pyridine rings is 1. The molecule has 0 spiro atoms. The summed E-state index contributed by atoms with van der Waals surface area (Å²) in [5.41, 5.74) is -1.09. The summed E-state index contributed by atoms with van der Waals surface area (Å²) in [4.78, 5) is 21.4. The molecule has 1 N–H and O–H groups in total. The molecule has 0 unspecified atom stereocenters. The standard InChI is InChI=1S/C17H14BrClF3N3O2/c1-2-27-25-14(15-13(19)7-10(18)8-23-15)9-24-16(26)11-5-3-4-6-12(11)17(20,21)22/h3-8H,2,9H2,1H3,(H,24,26). The Kier molecular flexibility index (Phi) is 7.20. The van der Waals surface area contributed by atoms with Crippen LogP contribution in [-0.4, -0.2) is 29.8 Å². The van der Waals surface area contributed by atoms with Gasteiger partial charge in [-0.05, 0) is 41.1 Å². The van der Waals surface area contributed by atoms with Gasteiger partial charge in [-0.15, -0.1) is 0 Å². The van der Waals surface area contributed by atoms with Gasteiger partial charge in [0.05, 0.1) is 22.7 Å². The number of carbonyl (C=O) groups excluding carboxylic acids is 1. The van der Waals surface area contributed by atoms with Gasteiger partial charge < -0.3 is 10.2 Å². The third-order valence-corrected chi connectivity index (χ3v) is 4.00. The van der Waals surface area contributed by atoms with Crippen molar-refractivity contribution in [3.8, 4) is 0 Å². The molecule has 0 saturated heterocycles. The summed E-state index contributed by atoms with van der Waals surface area (Å²) >= 11 is 9.35. The lowest BCUT2D eigenvalue weighted by Crippen LogP contribution is -2.32. The number of halogens is 5. The van der Waals surface area contributed by atoms with E-state index in [4.69, 9.17) is 16.4 Å². The zero-order chi connectivity index (χ0) is 20.0. The number of nitrogens with zero attached hydrogens (tertiary/aromatic N) is 2. The van der Waals surface area contributed by atoms with Crippen LogP contribution < -0.4 is 5.32 Å². The van der Waals surface area contributed by atoms with Gasteiger partial charge in [0.25, 0.3) is 5.91 Å². The number of rotatable bonds is 6. The Morgan fingerprint density at radius 1 is 1.37 bits per heavy atom. The van der Waals surface area contributed by atoms with Crippen LogP contribution in [0.4, 0.5) is 13.2 Å². The Bertz CT molecular complexity index is 860. The van der Waals surface area contributed by atoms with Crippen LogP contribution in [0.2, 0.25) is 5.02 Å². The van der Waals surface area contributed by atoms with E-state index in [1.165, 1.54) is 18.3 Å². The largest absolute Gasteiger partial charge is 0.417 e. The van der Waals surface area contributed by atoms with Crippen molar-refractivity contribution in [2.75, 3.05) is 13.2 Å². The molecule has 5 nitrogen and oxygen atoms in total. The van der Waals surface area contributed by atoms with Crippen molar-refractivity contribution in [1.29, 1.82) is 0 Å². The summed E-state index contributed by atoms with van der Waals surface area (Å²) in [6, 6.07) is 6.09. The Balaban J connectivity index is 2.25. The van der Waals surface area contributed by atoms with E-state index in [0.29, 0.717) is 4.47 Å². The summed E-state index contributed by atoms with van der Waals surface area (Å²) in [6.45, 7) is 1.73. The molecule has 0 aliphatic heterocycles. The van der Waals surface area contributed by atoms with Crippen molar-refractivity contribution in [2.24, 2.45) is 5.16 Å². The van der Waals surface area contributed by atoms with Crippen molar-refractivity contribution in [3.05, 3.63) is 62.8 Å². The molecule has 0 atom stereocenters. The van der Waals surface area contributed by atoms with Gasteiger partial charge in [0.15, 0.2) is 0 Å². The molecule has 0 aliphatic rings. The minimum Gasteiger partial charge on any atom is -0.396 e. The molecule has 10 heteroatoms. The van der Waals surface area contributed by atoms with Crippen molar-refractivity contribution in [3.63, 3.8) is 0 Å². The third-order valence-electron chi connectivity index (χ3n) is 3.28. The average Bonchev–Trinajstić information content (AvgIpc) is 2.61. The van der Waals surface area contributed by atoms with Crippen LogP contribution in [0.1, 0.15) is 28.5 Å². The van der Waals surface area contributed by atoms with Crippen LogP contribution in [0, 0.1) is 0 Å². The quantitative estimate of drug-likeness (QED) is 0.498. The monoisotopic (exact) mass is 463 g/mol. The highest BCUT2D eigenvalue weighted by atomic mass is 79.9. The summed E-state index contributed by atoms with van der Waals surface area (Å²) in [6.07, 6.45) is -3.17. The van der Waals surface area contributed by atoms with Crippen LogP contribution in [0.5, 0.6) is 0 Å². The number of carbonyl (C=O) groups is 1. The van der Waals surface area contributed by atoms with Crippen LogP contribution >= 0.6 is 27.5 Å². The van der Waals surface area contributed by atoms with Gasteiger partial charge in [-0.3, -0.25) is 9.78 Å². The molecule has 2 aromatic rings. The number of amides is 1. The zero-order valence-electron chi connectivity index (χ0n) is 14.0. The second kappa shape index (κ2) is 9.18. The van der Waals surface area contributed by atoms with Gasteiger partial charge in [0.1, 0.15) is 18.0 Å². The van der Waals surface area contributed by atoms with Gasteiger partial charge in [-0.25, -0.2) is 0 Å². The molecular formula is C17H14BrClF3N3O2. The minimum absolute atomic E-state index is 0.173. The molecule has 0 radical (unpaired) electrons. The van der Waals surface area contributed by atoms with Gasteiger partial charge in [-0.1, -0.05) is 28.9 Å². The van der Waals surface area contributed by atoms with Gasteiger partial charge in [-0.2, -0.15) is 13.2 Å². The molecule has 2 rings (SSSR count). The van der Waals surface area contributed by atoms with E-state index in [1.54, 1.807) is 13.0 Å². The van der Waals surface area contributed by atoms with E-state index in [2.05, 4.69) is 31.4 Å². The van der Waals surface area contributed by atoms with Crippen molar-refractivity contribution in [2.45, 2.75) is 13.1 Å². The first kappa shape index (κ1) is 21.2. The predicted octanol–water partition coefficient (Wildman–Crippen LogP) is 4.69. The first-order valence-corrected chi connectivity index (χ1v) is 8.85. The summed E-state index contributed by atoms with van der Waals surface area (Å²) in [7, 11) is 0. The van der Waals surface area contributed by atoms with Gasteiger partial charge in [0.2, 0.25) is 0 Å². The Hall–Kier alpha value is -2.13. The average molecular weight is 465 g/mol. The highest BCUT2D eigenvalue weighted by Crippen LogP contribution is 2.31. The van der Waals surface area contributed by atoms with Crippen LogP contribution in [0.3, 0.4) is 0 Å². The van der Waals surface area contributed by atoms with Gasteiger partial charge in [0, 0.05) is 10.7 Å². The number of aromatic nitrogens is 1. The van der Waals surface area contributed by atoms with E-state index in [9.17, 15) is 18.0 Å². The maximum Gasteiger partial charge on any atom is 0.417 e. The number of hydrogen-bond acceptors (Lipinski definition) is 4. The highest BCUT2D eigenvalue weighted by molar-refractivity contribution is 9.10. The fourth-order valence-corrected chi connectivity index (χ4v) is 2.85. The van der Waals surface area contributed by atoms with E-state index >= 15 is 0 Å². The van der Waals surface area contributed by atoms with Crippen LogP contribution in [0.15, 0.2) is 46.2 Å². The second-order valence-corrected chi connectivity index (χ2v) is 6.49. The molecule has 1 aromatic carbocycles. The minimum atomic E-state index is -4.65. The van der Waals surface area contributed by atoms with Crippen LogP contribution in [0.25, 0.3) is 0 Å². The fraction of sp³-hybridized carbons (Fsp3) is 0.235. The van der Waals surface area contributed by atoms with E-state index in [1.807, 2.05) is 0 Å². The third kappa shape index (κ3) is 5.67. The molecule has 1 amide bonds. The molecule has 1 aromatic heterocycles. The summed E-state index contributed by atoms with van der Waals surface area (Å²) in [5.74, 6) is -0.902. The maximum absolute atomic E-state index is 13.1. The van der Waals surface area contributed by atoms with Crippen molar-refractivity contribution < 1.29 is 22.8 Å². The zero-order valence-corrected chi connectivity index (χ0v) is 16.3. The lowest BCUT2D eigenvalue weighted by Gasteiger charge is -2.13. The predicted molar refractivity (Wildman–Crippen MR) is 98.9 cm³/mol. The number of benzene rings is 1. The number of hydrogen-bond donors (Lipinski definition) is 1. The lowest BCUT2D eigenvalue weighted by atomic mass is 10.1. The SMILES string of the molecule is CCON=C(CNC(=O)c1ccccc1C(F)(F)F)c1ncc(Br)cc1Cl. The Morgan fingerprint density at radius 2 is 2.07 bits per heavy atom. The molecule has 0 bridgehead atoms. The topological polar surface area (TPSA) is 63.6 Å². The van der Waals surface area contributed by atoms with Crippen molar-refractivity contribution in [1.82, 2.24) is 10.3 Å². The van der Waals surface area contributed by atoms with E-state index < -0.39 is 23.2 Å². The van der Waals surface area contributed by atoms with Gasteiger partial charge >= 0.3 is 6.18 Å². The Labute approximate surface area is 166 Å². The highest BCUT2D eigenvalue weighted by Gasteiger charge is 2.34. The number of nitrogens with one attached hydrogen (secondary N) is 1. The molecule has 0 saturated carbocycles. The maximum atomic E-state index is 13.1. The molecule has 1 heterocycles. The fourth-order valence-electron chi connectivity index (χ4n) is 2.12.